The molecule has 3 aliphatic rings. The molecule has 0 aliphatic carbocycles. The van der Waals surface area contributed by atoms with E-state index in [1.54, 1.807) is 12.1 Å². The van der Waals surface area contributed by atoms with Gasteiger partial charge in [0.2, 0.25) is 11.8 Å². The lowest BCUT2D eigenvalue weighted by molar-refractivity contribution is -0.171. The van der Waals surface area contributed by atoms with Crippen LogP contribution in [0.1, 0.15) is 24.0 Å². The maximum atomic E-state index is 14.2. The first-order valence-electron chi connectivity index (χ1n) is 14.2. The monoisotopic (exact) mass is 559 g/mol. The van der Waals surface area contributed by atoms with Crippen molar-refractivity contribution in [3.63, 3.8) is 0 Å². The highest BCUT2D eigenvalue weighted by molar-refractivity contribution is 5.93. The summed E-state index contributed by atoms with van der Waals surface area (Å²) < 4.78 is 6.21. The molecule has 2 bridgehead atoms. The zero-order valence-corrected chi connectivity index (χ0v) is 22.9. The Labute approximate surface area is 238 Å². The number of carbonyl (C=O) groups excluding carboxylic acids is 2. The van der Waals surface area contributed by atoms with Gasteiger partial charge in [-0.05, 0) is 55.0 Å². The van der Waals surface area contributed by atoms with Gasteiger partial charge in [-0.1, -0.05) is 30.3 Å². The molecular formula is C30H37N7O4. The average Bonchev–Trinajstić information content (AvgIpc) is 3.36. The maximum absolute atomic E-state index is 14.2. The summed E-state index contributed by atoms with van der Waals surface area (Å²) in [6, 6.07) is 13.5. The number of rotatable bonds is 8. The summed E-state index contributed by atoms with van der Waals surface area (Å²) in [5.74, 6) is 0.0780. The van der Waals surface area contributed by atoms with E-state index in [9.17, 15) is 14.7 Å². The minimum absolute atomic E-state index is 0.0112. The summed E-state index contributed by atoms with van der Waals surface area (Å²) in [5, 5.41) is 14.4. The van der Waals surface area contributed by atoms with Gasteiger partial charge < -0.3 is 36.1 Å². The van der Waals surface area contributed by atoms with E-state index in [1.807, 2.05) is 46.3 Å². The first kappa shape index (κ1) is 27.1. The number of aromatic nitrogens is 1. The second kappa shape index (κ2) is 11.4. The Hall–Kier alpha value is -4.09. The van der Waals surface area contributed by atoms with Gasteiger partial charge in [-0.25, -0.2) is 0 Å². The lowest BCUT2D eigenvalue weighted by atomic mass is 9.88. The van der Waals surface area contributed by atoms with Crippen LogP contribution in [-0.4, -0.2) is 94.2 Å². The molecule has 0 spiro atoms. The third kappa shape index (κ3) is 5.47. The maximum Gasteiger partial charge on any atom is 0.245 e. The molecule has 11 nitrogen and oxygen atoms in total. The molecule has 3 aromatic rings. The molecule has 216 valence electrons. The SMILES string of the molecule is NC(N)=NCCC[C@H]1C(=O)N2C[C@H]3[C@H](COC[C@@H]2Cc2ccc(O)cc2)N[C@@H](Cc2c[nH]c4ccccc24)C(=O)N13. The summed E-state index contributed by atoms with van der Waals surface area (Å²) >= 11 is 0. The van der Waals surface area contributed by atoms with E-state index in [0.29, 0.717) is 52.0 Å². The molecule has 11 heteroatoms. The highest BCUT2D eigenvalue weighted by atomic mass is 16.5. The number of carbonyl (C=O) groups is 2. The van der Waals surface area contributed by atoms with E-state index in [-0.39, 0.29) is 41.6 Å². The van der Waals surface area contributed by atoms with Gasteiger partial charge in [-0.15, -0.1) is 0 Å². The van der Waals surface area contributed by atoms with Crippen LogP contribution in [0.3, 0.4) is 0 Å². The van der Waals surface area contributed by atoms with Crippen LogP contribution in [0.2, 0.25) is 0 Å². The molecule has 3 fully saturated rings. The smallest absolute Gasteiger partial charge is 0.245 e. The van der Waals surface area contributed by atoms with Crippen LogP contribution >= 0.6 is 0 Å². The van der Waals surface area contributed by atoms with Crippen LogP contribution in [0.15, 0.2) is 59.7 Å². The number of nitrogens with two attached hydrogens (primary N) is 2. The van der Waals surface area contributed by atoms with Gasteiger partial charge in [0, 0.05) is 30.2 Å². The Morgan fingerprint density at radius 3 is 2.66 bits per heavy atom. The van der Waals surface area contributed by atoms with E-state index < -0.39 is 12.1 Å². The predicted octanol–water partition coefficient (Wildman–Crippen LogP) is 0.860. The number of H-pyrrole nitrogens is 1. The van der Waals surface area contributed by atoms with Crippen molar-refractivity contribution in [2.45, 2.75) is 55.9 Å². The molecule has 6 rings (SSSR count). The van der Waals surface area contributed by atoms with Crippen molar-refractivity contribution < 1.29 is 19.4 Å². The van der Waals surface area contributed by atoms with Crippen molar-refractivity contribution in [1.29, 1.82) is 0 Å². The number of aliphatic imine (C=N–C) groups is 1. The Kier molecular flexibility index (Phi) is 7.55. The largest absolute Gasteiger partial charge is 0.508 e. The molecule has 7 N–H and O–H groups in total. The number of ether oxygens (including phenoxy) is 1. The molecule has 41 heavy (non-hydrogen) atoms. The summed E-state index contributed by atoms with van der Waals surface area (Å²) in [6.45, 7) is 1.66. The Morgan fingerprint density at radius 2 is 1.85 bits per heavy atom. The van der Waals surface area contributed by atoms with E-state index in [1.165, 1.54) is 0 Å². The van der Waals surface area contributed by atoms with Crippen molar-refractivity contribution in [2.75, 3.05) is 26.3 Å². The Balaban J connectivity index is 1.28. The van der Waals surface area contributed by atoms with Gasteiger partial charge in [0.1, 0.15) is 11.8 Å². The fraction of sp³-hybridized carbons (Fsp3) is 0.433. The van der Waals surface area contributed by atoms with Crippen molar-refractivity contribution >= 4 is 28.7 Å². The summed E-state index contributed by atoms with van der Waals surface area (Å²) in [4.78, 5) is 39.4. The van der Waals surface area contributed by atoms with Crippen LogP contribution in [0.5, 0.6) is 5.75 Å². The molecule has 3 saturated heterocycles. The first-order chi connectivity index (χ1) is 19.9. The quantitative estimate of drug-likeness (QED) is 0.155. The number of aromatic hydroxyl groups is 1. The number of hydrogen-bond acceptors (Lipinski definition) is 6. The number of benzene rings is 2. The average molecular weight is 560 g/mol. The highest BCUT2D eigenvalue weighted by Gasteiger charge is 2.52. The lowest BCUT2D eigenvalue weighted by Gasteiger charge is -2.55. The standard InChI is InChI=1S/C30H37N7O4/c31-30(32)33-11-3-6-26-29(40)36-15-27-25(17-41-16-20(36)12-18-7-9-21(38)10-8-18)35-24(28(39)37(26)27)13-19-14-34-23-5-2-1-4-22(19)23/h1-2,4-5,7-10,14,20,24-27,34-35,38H,3,6,11-13,15-17H2,(H4,31,32,33)/t20-,24-,25-,26-,27-/m0/s1. The number of piperazine rings is 2. The van der Waals surface area contributed by atoms with Crippen LogP contribution in [0.4, 0.5) is 0 Å². The van der Waals surface area contributed by atoms with Gasteiger partial charge in [0.15, 0.2) is 5.96 Å². The number of hydrogen-bond donors (Lipinski definition) is 5. The number of nitrogens with one attached hydrogen (secondary N) is 2. The molecule has 0 unspecified atom stereocenters. The van der Waals surface area contributed by atoms with Gasteiger partial charge in [-0.3, -0.25) is 19.9 Å². The zero-order chi connectivity index (χ0) is 28.5. The summed E-state index contributed by atoms with van der Waals surface area (Å²) in [7, 11) is 0. The number of para-hydroxylation sites is 1. The molecule has 2 amide bonds. The minimum Gasteiger partial charge on any atom is -0.508 e. The topological polar surface area (TPSA) is 162 Å². The van der Waals surface area contributed by atoms with E-state index >= 15 is 0 Å². The van der Waals surface area contributed by atoms with Crippen molar-refractivity contribution in [3.8, 4) is 5.75 Å². The Bertz CT molecular complexity index is 1430. The number of amides is 2. The van der Waals surface area contributed by atoms with Gasteiger partial charge in [-0.2, -0.15) is 0 Å². The molecular weight excluding hydrogens is 522 g/mol. The zero-order valence-electron chi connectivity index (χ0n) is 22.9. The van der Waals surface area contributed by atoms with Gasteiger partial charge >= 0.3 is 0 Å². The lowest BCUT2D eigenvalue weighted by Crippen LogP contribution is -2.77. The van der Waals surface area contributed by atoms with Crippen molar-refractivity contribution in [2.24, 2.45) is 16.5 Å². The second-order valence-electron chi connectivity index (χ2n) is 11.2. The number of fused-ring (bicyclic) bond motifs is 2. The first-order valence-corrected chi connectivity index (χ1v) is 14.2. The number of guanidine groups is 1. The summed E-state index contributed by atoms with van der Waals surface area (Å²) in [5.41, 5.74) is 14.1. The number of nitrogens with zero attached hydrogens (tertiary/aromatic N) is 3. The van der Waals surface area contributed by atoms with E-state index in [2.05, 4.69) is 21.4 Å². The Morgan fingerprint density at radius 1 is 1.05 bits per heavy atom. The molecule has 0 saturated carbocycles. The number of aromatic amines is 1. The van der Waals surface area contributed by atoms with E-state index in [0.717, 1.165) is 22.0 Å². The normalized spacial score (nSPS) is 26.1. The van der Waals surface area contributed by atoms with Gasteiger partial charge in [0.05, 0.1) is 37.4 Å². The fourth-order valence-electron chi connectivity index (χ4n) is 6.58. The number of phenolic OH excluding ortho intramolecular Hbond substituents is 1. The number of phenols is 1. The van der Waals surface area contributed by atoms with Crippen LogP contribution < -0.4 is 16.8 Å². The molecule has 3 aliphatic heterocycles. The van der Waals surface area contributed by atoms with Crippen LogP contribution in [-0.2, 0) is 27.2 Å². The minimum atomic E-state index is -0.606. The molecule has 0 radical (unpaired) electrons. The second-order valence-corrected chi connectivity index (χ2v) is 11.2. The van der Waals surface area contributed by atoms with Crippen molar-refractivity contribution in [1.82, 2.24) is 20.1 Å². The fourth-order valence-corrected chi connectivity index (χ4v) is 6.58. The summed E-state index contributed by atoms with van der Waals surface area (Å²) in [6.07, 6.45) is 4.10. The van der Waals surface area contributed by atoms with Gasteiger partial charge in [0.25, 0.3) is 0 Å². The third-order valence-corrected chi connectivity index (χ3v) is 8.56. The predicted molar refractivity (Wildman–Crippen MR) is 155 cm³/mol. The molecule has 5 atom stereocenters. The third-order valence-electron chi connectivity index (χ3n) is 8.56. The molecule has 4 heterocycles. The van der Waals surface area contributed by atoms with E-state index in [4.69, 9.17) is 16.2 Å². The van der Waals surface area contributed by atoms with Crippen molar-refractivity contribution in [3.05, 3.63) is 65.9 Å². The van der Waals surface area contributed by atoms with Crippen LogP contribution in [0, 0.1) is 0 Å². The molecule has 1 aromatic heterocycles. The molecule has 2 aromatic carbocycles. The van der Waals surface area contributed by atoms with Crippen LogP contribution in [0.25, 0.3) is 10.9 Å². The highest BCUT2D eigenvalue weighted by Crippen LogP contribution is 2.32.